The van der Waals surface area contributed by atoms with E-state index in [0.29, 0.717) is 28.5 Å². The van der Waals surface area contributed by atoms with Gasteiger partial charge in [-0.15, -0.1) is 0 Å². The number of benzene rings is 3. The number of amides is 1. The Labute approximate surface area is 191 Å². The number of hydrogen-bond donors (Lipinski definition) is 2. The molecule has 0 spiro atoms. The van der Waals surface area contributed by atoms with Crippen LogP contribution in [0.4, 0.5) is 15.8 Å². The van der Waals surface area contributed by atoms with Crippen molar-refractivity contribution < 1.29 is 31.8 Å². The van der Waals surface area contributed by atoms with Crippen molar-refractivity contribution >= 4 is 27.3 Å². The molecule has 10 heteroatoms. The molecule has 0 radical (unpaired) electrons. The van der Waals surface area contributed by atoms with Gasteiger partial charge in [-0.3, -0.25) is 9.52 Å². The zero-order chi connectivity index (χ0) is 24.0. The molecule has 3 aromatic rings. The van der Waals surface area contributed by atoms with Crippen LogP contribution >= 0.6 is 0 Å². The third kappa shape index (κ3) is 6.13. The van der Waals surface area contributed by atoms with Gasteiger partial charge in [0, 0.05) is 11.8 Å². The first-order valence-electron chi connectivity index (χ1n) is 9.75. The van der Waals surface area contributed by atoms with Crippen LogP contribution in [0.3, 0.4) is 0 Å². The fraction of sp³-hybridized carbons (Fsp3) is 0.174. The normalized spacial score (nSPS) is 10.9. The van der Waals surface area contributed by atoms with Crippen LogP contribution < -0.4 is 24.2 Å². The molecule has 0 aromatic heterocycles. The van der Waals surface area contributed by atoms with Crippen LogP contribution in [0.2, 0.25) is 0 Å². The molecule has 3 aromatic carbocycles. The average molecular weight is 475 g/mol. The lowest BCUT2D eigenvalue weighted by Gasteiger charge is -2.14. The van der Waals surface area contributed by atoms with E-state index in [1.807, 2.05) is 0 Å². The lowest BCUT2D eigenvalue weighted by molar-refractivity contribution is -0.118. The summed E-state index contributed by atoms with van der Waals surface area (Å²) in [5, 5.41) is 2.69. The maximum Gasteiger partial charge on any atom is 0.262 e. The Kier molecular flexibility index (Phi) is 7.39. The van der Waals surface area contributed by atoms with E-state index in [-0.39, 0.29) is 17.2 Å². The van der Waals surface area contributed by atoms with Gasteiger partial charge in [-0.05, 0) is 67.1 Å². The van der Waals surface area contributed by atoms with E-state index in [2.05, 4.69) is 10.0 Å². The number of carbonyl (C=O) groups is 1. The largest absolute Gasteiger partial charge is 0.497 e. The summed E-state index contributed by atoms with van der Waals surface area (Å²) in [6.07, 6.45) is 0. The minimum Gasteiger partial charge on any atom is -0.497 e. The first-order valence-corrected chi connectivity index (χ1v) is 11.2. The standard InChI is InChI=1S/C23H23FN2O6S/c1-15-12-19(33(28,29)26-17-6-4-16(24)5-7-17)9-11-21(15)32-14-23(27)25-20-10-8-18(30-2)13-22(20)31-3/h4-13,26H,14H2,1-3H3,(H,25,27). The zero-order valence-corrected chi connectivity index (χ0v) is 19.0. The number of halogens is 1. The van der Waals surface area contributed by atoms with Crippen molar-refractivity contribution in [2.45, 2.75) is 11.8 Å². The summed E-state index contributed by atoms with van der Waals surface area (Å²) in [5.41, 5.74) is 1.21. The first kappa shape index (κ1) is 23.9. The molecular formula is C23H23FN2O6S. The van der Waals surface area contributed by atoms with Crippen LogP contribution in [0, 0.1) is 12.7 Å². The second kappa shape index (κ2) is 10.2. The second-order valence-electron chi connectivity index (χ2n) is 6.94. The molecule has 0 aliphatic heterocycles. The Bertz CT molecular complexity index is 1250. The van der Waals surface area contributed by atoms with Gasteiger partial charge in [0.2, 0.25) is 0 Å². The molecule has 0 aliphatic rings. The molecule has 0 fully saturated rings. The predicted octanol–water partition coefficient (Wildman–Crippen LogP) is 3.97. The van der Waals surface area contributed by atoms with Crippen LogP contribution in [0.25, 0.3) is 0 Å². The molecule has 33 heavy (non-hydrogen) atoms. The van der Waals surface area contributed by atoms with Crippen LogP contribution in [0.5, 0.6) is 17.2 Å². The molecular weight excluding hydrogens is 451 g/mol. The van der Waals surface area contributed by atoms with Crippen molar-refractivity contribution in [3.8, 4) is 17.2 Å². The topological polar surface area (TPSA) is 103 Å². The molecule has 1 amide bonds. The highest BCUT2D eigenvalue weighted by Crippen LogP contribution is 2.29. The van der Waals surface area contributed by atoms with E-state index >= 15 is 0 Å². The summed E-state index contributed by atoms with van der Waals surface area (Å²) in [4.78, 5) is 12.3. The highest BCUT2D eigenvalue weighted by Gasteiger charge is 2.17. The monoisotopic (exact) mass is 474 g/mol. The lowest BCUT2D eigenvalue weighted by Crippen LogP contribution is -2.21. The second-order valence-corrected chi connectivity index (χ2v) is 8.63. The molecule has 0 unspecified atom stereocenters. The summed E-state index contributed by atoms with van der Waals surface area (Å²) in [5.74, 6) is 0.479. The van der Waals surface area contributed by atoms with Gasteiger partial charge < -0.3 is 19.5 Å². The summed E-state index contributed by atoms with van der Waals surface area (Å²) in [7, 11) is -0.879. The van der Waals surface area contributed by atoms with Crippen LogP contribution in [-0.2, 0) is 14.8 Å². The quantitative estimate of drug-likeness (QED) is 0.487. The SMILES string of the molecule is COc1ccc(NC(=O)COc2ccc(S(=O)(=O)Nc3ccc(F)cc3)cc2C)c(OC)c1. The molecule has 0 atom stereocenters. The third-order valence-corrected chi connectivity index (χ3v) is 5.97. The molecule has 3 rings (SSSR count). The fourth-order valence-electron chi connectivity index (χ4n) is 2.91. The van der Waals surface area contributed by atoms with E-state index < -0.39 is 21.7 Å². The smallest absolute Gasteiger partial charge is 0.262 e. The summed E-state index contributed by atoms with van der Waals surface area (Å²) < 4.78 is 56.5. The summed E-state index contributed by atoms with van der Waals surface area (Å²) >= 11 is 0. The molecule has 8 nitrogen and oxygen atoms in total. The number of methoxy groups -OCH3 is 2. The molecule has 0 bridgehead atoms. The highest BCUT2D eigenvalue weighted by atomic mass is 32.2. The van der Waals surface area contributed by atoms with Gasteiger partial charge in [-0.2, -0.15) is 0 Å². The maximum atomic E-state index is 13.0. The Balaban J connectivity index is 1.64. The van der Waals surface area contributed by atoms with Crippen molar-refractivity contribution in [2.24, 2.45) is 0 Å². The number of anilines is 2. The number of ether oxygens (including phenoxy) is 3. The Hall–Kier alpha value is -3.79. The number of rotatable bonds is 9. The summed E-state index contributed by atoms with van der Waals surface area (Å²) in [6.45, 7) is 1.37. The van der Waals surface area contributed by atoms with Crippen LogP contribution in [-0.4, -0.2) is 35.2 Å². The minimum absolute atomic E-state index is 0.00379. The van der Waals surface area contributed by atoms with E-state index in [4.69, 9.17) is 14.2 Å². The van der Waals surface area contributed by atoms with E-state index in [1.54, 1.807) is 25.1 Å². The van der Waals surface area contributed by atoms with Crippen molar-refractivity contribution in [3.05, 3.63) is 72.0 Å². The van der Waals surface area contributed by atoms with Gasteiger partial charge in [-0.1, -0.05) is 0 Å². The third-order valence-electron chi connectivity index (χ3n) is 4.59. The minimum atomic E-state index is -3.88. The van der Waals surface area contributed by atoms with Crippen molar-refractivity contribution in [3.63, 3.8) is 0 Å². The molecule has 174 valence electrons. The Morgan fingerprint density at radius 1 is 0.939 bits per heavy atom. The number of hydrogen-bond acceptors (Lipinski definition) is 6. The number of carbonyl (C=O) groups excluding carboxylic acids is 1. The molecule has 0 saturated carbocycles. The Morgan fingerprint density at radius 2 is 1.67 bits per heavy atom. The van der Waals surface area contributed by atoms with Gasteiger partial charge in [0.15, 0.2) is 6.61 Å². The lowest BCUT2D eigenvalue weighted by atomic mass is 10.2. The number of nitrogens with one attached hydrogen (secondary N) is 2. The molecule has 2 N–H and O–H groups in total. The van der Waals surface area contributed by atoms with E-state index in [1.165, 1.54) is 44.6 Å². The summed E-state index contributed by atoms with van der Waals surface area (Å²) in [6, 6.07) is 14.2. The molecule has 0 heterocycles. The Morgan fingerprint density at radius 3 is 2.30 bits per heavy atom. The van der Waals surface area contributed by atoms with E-state index in [0.717, 1.165) is 12.1 Å². The van der Waals surface area contributed by atoms with Gasteiger partial charge in [-0.25, -0.2) is 12.8 Å². The van der Waals surface area contributed by atoms with Gasteiger partial charge in [0.1, 0.15) is 23.1 Å². The number of aryl methyl sites for hydroxylation is 1. The number of sulfonamides is 1. The highest BCUT2D eigenvalue weighted by molar-refractivity contribution is 7.92. The van der Waals surface area contributed by atoms with Crippen molar-refractivity contribution in [1.29, 1.82) is 0 Å². The van der Waals surface area contributed by atoms with Crippen LogP contribution in [0.1, 0.15) is 5.56 Å². The molecule has 0 aliphatic carbocycles. The van der Waals surface area contributed by atoms with Crippen molar-refractivity contribution in [1.82, 2.24) is 0 Å². The van der Waals surface area contributed by atoms with Gasteiger partial charge >= 0.3 is 0 Å². The fourth-order valence-corrected chi connectivity index (χ4v) is 4.06. The van der Waals surface area contributed by atoms with Crippen LogP contribution in [0.15, 0.2) is 65.6 Å². The predicted molar refractivity (Wildman–Crippen MR) is 122 cm³/mol. The van der Waals surface area contributed by atoms with Gasteiger partial charge in [0.05, 0.1) is 24.8 Å². The van der Waals surface area contributed by atoms with Gasteiger partial charge in [0.25, 0.3) is 15.9 Å². The van der Waals surface area contributed by atoms with E-state index in [9.17, 15) is 17.6 Å². The molecule has 0 saturated heterocycles. The maximum absolute atomic E-state index is 13.0. The zero-order valence-electron chi connectivity index (χ0n) is 18.2. The van der Waals surface area contributed by atoms with Crippen molar-refractivity contribution in [2.75, 3.05) is 30.9 Å². The average Bonchev–Trinajstić information content (AvgIpc) is 2.79. The first-order chi connectivity index (χ1) is 15.7.